The first-order chi connectivity index (χ1) is 23.8. The van der Waals surface area contributed by atoms with Crippen molar-refractivity contribution in [3.63, 3.8) is 0 Å². The van der Waals surface area contributed by atoms with Crippen molar-refractivity contribution >= 4 is 65.2 Å². The molecule has 0 radical (unpaired) electrons. The molecule has 2 heterocycles. The predicted molar refractivity (Wildman–Crippen MR) is 200 cm³/mol. The summed E-state index contributed by atoms with van der Waals surface area (Å²) in [6, 6.07) is 60.9. The van der Waals surface area contributed by atoms with Gasteiger partial charge in [0.1, 0.15) is 0 Å². The van der Waals surface area contributed by atoms with E-state index in [4.69, 9.17) is 0 Å². The molecule has 0 saturated carbocycles. The van der Waals surface area contributed by atoms with Crippen molar-refractivity contribution < 1.29 is 0 Å². The van der Waals surface area contributed by atoms with E-state index < -0.39 is 0 Å². The highest BCUT2D eigenvalue weighted by Gasteiger charge is 2.19. The standard InChI is InChI=1S/C45H27N3/c46-28-29-21-22-31-27-43(35-14-5-4-13-34(35)40(31)25-29)48-42-20-9-6-15-36(42)38-24-23-30(26-44(38)48)33-17-10-18-39-37-16-7-8-19-41(37)47(45(33)39)32-11-2-1-3-12-32/h1-27H. The Morgan fingerprint density at radius 2 is 1.06 bits per heavy atom. The van der Waals surface area contributed by atoms with E-state index in [0.717, 1.165) is 38.4 Å². The van der Waals surface area contributed by atoms with Crippen LogP contribution in [0.2, 0.25) is 0 Å². The molecule has 0 spiro atoms. The monoisotopic (exact) mass is 609 g/mol. The van der Waals surface area contributed by atoms with Gasteiger partial charge in [0.15, 0.2) is 0 Å². The zero-order chi connectivity index (χ0) is 31.8. The van der Waals surface area contributed by atoms with Gasteiger partial charge in [0, 0.05) is 38.2 Å². The molecule has 0 fully saturated rings. The molecule has 0 aliphatic rings. The van der Waals surface area contributed by atoms with Crippen LogP contribution in [-0.4, -0.2) is 9.13 Å². The molecular weight excluding hydrogens is 583 g/mol. The molecular formula is C45H27N3. The highest BCUT2D eigenvalue weighted by molar-refractivity contribution is 6.17. The largest absolute Gasteiger partial charge is 0.309 e. The molecule has 48 heavy (non-hydrogen) atoms. The Balaban J connectivity index is 1.31. The normalized spacial score (nSPS) is 11.7. The molecule has 0 amide bonds. The summed E-state index contributed by atoms with van der Waals surface area (Å²) >= 11 is 0. The molecule has 10 aromatic rings. The zero-order valence-electron chi connectivity index (χ0n) is 25.9. The minimum absolute atomic E-state index is 0.670. The smallest absolute Gasteiger partial charge is 0.0991 e. The highest BCUT2D eigenvalue weighted by atomic mass is 15.0. The second-order valence-corrected chi connectivity index (χ2v) is 12.5. The van der Waals surface area contributed by atoms with Crippen LogP contribution in [0.25, 0.3) is 87.7 Å². The molecule has 10 rings (SSSR count). The summed E-state index contributed by atoms with van der Waals surface area (Å²) < 4.78 is 4.84. The predicted octanol–water partition coefficient (Wildman–Crippen LogP) is 11.7. The van der Waals surface area contributed by atoms with Gasteiger partial charge in [-0.15, -0.1) is 0 Å². The molecule has 3 heteroatoms. The molecule has 0 unspecified atom stereocenters. The molecule has 0 N–H and O–H groups in total. The molecule has 0 aliphatic carbocycles. The summed E-state index contributed by atoms with van der Waals surface area (Å²) in [5.41, 5.74) is 10.0. The Bertz CT molecular complexity index is 2950. The van der Waals surface area contributed by atoms with E-state index in [1.165, 1.54) is 49.2 Å². The summed E-state index contributed by atoms with van der Waals surface area (Å²) in [7, 11) is 0. The first-order valence-corrected chi connectivity index (χ1v) is 16.3. The van der Waals surface area contributed by atoms with E-state index in [-0.39, 0.29) is 0 Å². The number of hydrogen-bond acceptors (Lipinski definition) is 1. The van der Waals surface area contributed by atoms with Crippen LogP contribution in [0.15, 0.2) is 164 Å². The number of aromatic nitrogens is 2. The Morgan fingerprint density at radius 3 is 1.85 bits per heavy atom. The van der Waals surface area contributed by atoms with E-state index in [9.17, 15) is 5.26 Å². The molecule has 3 nitrogen and oxygen atoms in total. The fraction of sp³-hybridized carbons (Fsp3) is 0. The molecule has 0 aliphatic heterocycles. The summed E-state index contributed by atoms with van der Waals surface area (Å²) in [5, 5.41) is 19.1. The van der Waals surface area contributed by atoms with Gasteiger partial charge in [-0.1, -0.05) is 115 Å². The SMILES string of the molecule is N#Cc1ccc2cc(-n3c4ccccc4c4ccc(-c5cccc6c7ccccc7n(-c7ccccc7)c56)cc43)c3ccccc3c2c1. The van der Waals surface area contributed by atoms with E-state index in [1.54, 1.807) is 0 Å². The van der Waals surface area contributed by atoms with Crippen LogP contribution in [0.3, 0.4) is 0 Å². The molecule has 8 aromatic carbocycles. The van der Waals surface area contributed by atoms with Crippen LogP contribution in [0.1, 0.15) is 5.56 Å². The Kier molecular flexibility index (Phi) is 5.64. The number of nitriles is 1. The lowest BCUT2D eigenvalue weighted by Crippen LogP contribution is -1.97. The first-order valence-electron chi connectivity index (χ1n) is 16.3. The van der Waals surface area contributed by atoms with Crippen molar-refractivity contribution in [2.24, 2.45) is 0 Å². The molecule has 2 aromatic heterocycles. The van der Waals surface area contributed by atoms with Gasteiger partial charge >= 0.3 is 0 Å². The minimum atomic E-state index is 0.670. The lowest BCUT2D eigenvalue weighted by molar-refractivity contribution is 1.18. The second-order valence-electron chi connectivity index (χ2n) is 12.5. The molecule has 0 saturated heterocycles. The Morgan fingerprint density at radius 1 is 0.417 bits per heavy atom. The van der Waals surface area contributed by atoms with Crippen molar-refractivity contribution in [3.05, 3.63) is 169 Å². The number of rotatable bonds is 3. The molecule has 0 atom stereocenters. The average molecular weight is 610 g/mol. The van der Waals surface area contributed by atoms with Crippen LogP contribution >= 0.6 is 0 Å². The van der Waals surface area contributed by atoms with Gasteiger partial charge in [-0.2, -0.15) is 5.26 Å². The van der Waals surface area contributed by atoms with E-state index >= 15 is 0 Å². The summed E-state index contributed by atoms with van der Waals surface area (Å²) in [4.78, 5) is 0. The molecule has 222 valence electrons. The fourth-order valence-corrected chi connectivity index (χ4v) is 7.83. The maximum Gasteiger partial charge on any atom is 0.0991 e. The van der Waals surface area contributed by atoms with Crippen molar-refractivity contribution in [3.8, 4) is 28.6 Å². The van der Waals surface area contributed by atoms with Crippen molar-refractivity contribution in [1.29, 1.82) is 5.26 Å². The number of para-hydroxylation sites is 4. The van der Waals surface area contributed by atoms with Crippen LogP contribution in [0.5, 0.6) is 0 Å². The van der Waals surface area contributed by atoms with Gasteiger partial charge in [-0.05, 0) is 70.3 Å². The number of benzene rings is 8. The van der Waals surface area contributed by atoms with Gasteiger partial charge in [0.05, 0.1) is 39.4 Å². The van der Waals surface area contributed by atoms with E-state index in [2.05, 4.69) is 167 Å². The third kappa shape index (κ3) is 3.75. The first kappa shape index (κ1) is 26.6. The maximum absolute atomic E-state index is 9.66. The third-order valence-electron chi connectivity index (χ3n) is 9.90. The minimum Gasteiger partial charge on any atom is -0.309 e. The lowest BCUT2D eigenvalue weighted by atomic mass is 9.98. The van der Waals surface area contributed by atoms with Gasteiger partial charge in [0.25, 0.3) is 0 Å². The van der Waals surface area contributed by atoms with E-state index in [0.29, 0.717) is 5.56 Å². The van der Waals surface area contributed by atoms with Crippen molar-refractivity contribution in [2.75, 3.05) is 0 Å². The van der Waals surface area contributed by atoms with Crippen molar-refractivity contribution in [1.82, 2.24) is 9.13 Å². The zero-order valence-corrected chi connectivity index (χ0v) is 25.9. The fourth-order valence-electron chi connectivity index (χ4n) is 7.83. The number of nitrogens with zero attached hydrogens (tertiary/aromatic N) is 3. The van der Waals surface area contributed by atoms with Gasteiger partial charge in [0.2, 0.25) is 0 Å². The number of fused-ring (bicyclic) bond motifs is 9. The quantitative estimate of drug-likeness (QED) is 0.183. The summed E-state index contributed by atoms with van der Waals surface area (Å²) in [6.45, 7) is 0. The average Bonchev–Trinajstić information content (AvgIpc) is 3.67. The summed E-state index contributed by atoms with van der Waals surface area (Å²) in [6.07, 6.45) is 0. The van der Waals surface area contributed by atoms with Gasteiger partial charge < -0.3 is 9.13 Å². The van der Waals surface area contributed by atoms with Crippen molar-refractivity contribution in [2.45, 2.75) is 0 Å². The highest BCUT2D eigenvalue weighted by Crippen LogP contribution is 2.42. The second kappa shape index (κ2) is 10.2. The lowest BCUT2D eigenvalue weighted by Gasteiger charge is -2.15. The third-order valence-corrected chi connectivity index (χ3v) is 9.90. The maximum atomic E-state index is 9.66. The summed E-state index contributed by atoms with van der Waals surface area (Å²) in [5.74, 6) is 0. The van der Waals surface area contributed by atoms with Crippen LogP contribution < -0.4 is 0 Å². The topological polar surface area (TPSA) is 33.6 Å². The van der Waals surface area contributed by atoms with Gasteiger partial charge in [-0.25, -0.2) is 0 Å². The van der Waals surface area contributed by atoms with Crippen LogP contribution in [-0.2, 0) is 0 Å². The van der Waals surface area contributed by atoms with Crippen LogP contribution in [0, 0.1) is 11.3 Å². The van der Waals surface area contributed by atoms with Gasteiger partial charge in [-0.3, -0.25) is 0 Å². The van der Waals surface area contributed by atoms with E-state index in [1.807, 2.05) is 12.1 Å². The Labute approximate surface area is 276 Å². The Hall–Kier alpha value is -6.63. The number of hydrogen-bond donors (Lipinski definition) is 0. The van der Waals surface area contributed by atoms with Crippen LogP contribution in [0.4, 0.5) is 0 Å². The molecule has 0 bridgehead atoms.